The summed E-state index contributed by atoms with van der Waals surface area (Å²) in [6.45, 7) is 2.54. The summed E-state index contributed by atoms with van der Waals surface area (Å²) in [6.07, 6.45) is 0.290. The highest BCUT2D eigenvalue weighted by molar-refractivity contribution is 8.00. The Labute approximate surface area is 145 Å². The van der Waals surface area contributed by atoms with Crippen molar-refractivity contribution in [1.29, 1.82) is 0 Å². The molecule has 1 rings (SSSR count). The van der Waals surface area contributed by atoms with Crippen LogP contribution in [0.1, 0.15) is 23.7 Å². The van der Waals surface area contributed by atoms with E-state index in [0.717, 1.165) is 0 Å². The molecule has 0 fully saturated rings. The number of carbonyl (C=O) groups is 3. The SMILES string of the molecule is CCC(NC(=O)c1ccccc1SCC(=O)NCCOC)C(=O)O. The zero-order valence-corrected chi connectivity index (χ0v) is 14.5. The molecule has 0 aromatic heterocycles. The minimum atomic E-state index is -1.08. The van der Waals surface area contributed by atoms with Gasteiger partial charge < -0.3 is 20.5 Å². The molecular formula is C16H22N2O5S. The summed E-state index contributed by atoms with van der Waals surface area (Å²) < 4.78 is 4.85. The summed E-state index contributed by atoms with van der Waals surface area (Å²) in [4.78, 5) is 35.7. The van der Waals surface area contributed by atoms with E-state index in [4.69, 9.17) is 9.84 Å². The Kier molecular flexibility index (Phi) is 8.88. The molecule has 7 nitrogen and oxygen atoms in total. The summed E-state index contributed by atoms with van der Waals surface area (Å²) in [5, 5.41) is 14.2. The van der Waals surface area contributed by atoms with Crippen molar-refractivity contribution in [3.05, 3.63) is 29.8 Å². The number of benzene rings is 1. The van der Waals surface area contributed by atoms with Gasteiger partial charge in [-0.2, -0.15) is 0 Å². The van der Waals surface area contributed by atoms with E-state index in [9.17, 15) is 14.4 Å². The molecule has 1 unspecified atom stereocenters. The van der Waals surface area contributed by atoms with Crippen LogP contribution in [0.15, 0.2) is 29.2 Å². The third-order valence-corrected chi connectivity index (χ3v) is 4.20. The minimum Gasteiger partial charge on any atom is -0.480 e. The van der Waals surface area contributed by atoms with E-state index in [1.54, 1.807) is 38.3 Å². The Morgan fingerprint density at radius 1 is 1.29 bits per heavy atom. The normalized spacial score (nSPS) is 11.6. The lowest BCUT2D eigenvalue weighted by Crippen LogP contribution is -2.40. The monoisotopic (exact) mass is 354 g/mol. The average Bonchev–Trinajstić information content (AvgIpc) is 2.57. The predicted octanol–water partition coefficient (Wildman–Crippen LogP) is 1.13. The number of ether oxygens (including phenoxy) is 1. The van der Waals surface area contributed by atoms with Crippen molar-refractivity contribution in [2.24, 2.45) is 0 Å². The van der Waals surface area contributed by atoms with Crippen LogP contribution in [0, 0.1) is 0 Å². The van der Waals surface area contributed by atoms with E-state index >= 15 is 0 Å². The molecule has 8 heteroatoms. The molecule has 1 aromatic carbocycles. The molecule has 2 amide bonds. The highest BCUT2D eigenvalue weighted by Crippen LogP contribution is 2.22. The van der Waals surface area contributed by atoms with Gasteiger partial charge >= 0.3 is 5.97 Å². The van der Waals surface area contributed by atoms with E-state index in [0.29, 0.717) is 23.6 Å². The summed E-state index contributed by atoms with van der Waals surface area (Å²) in [6, 6.07) is 5.85. The maximum absolute atomic E-state index is 12.3. The van der Waals surface area contributed by atoms with Crippen molar-refractivity contribution in [3.63, 3.8) is 0 Å². The molecule has 0 bridgehead atoms. The van der Waals surface area contributed by atoms with Crippen molar-refractivity contribution >= 4 is 29.5 Å². The van der Waals surface area contributed by atoms with Gasteiger partial charge in [-0.3, -0.25) is 9.59 Å². The van der Waals surface area contributed by atoms with Gasteiger partial charge in [0.25, 0.3) is 5.91 Å². The zero-order valence-electron chi connectivity index (χ0n) is 13.7. The second-order valence-electron chi connectivity index (χ2n) is 4.90. The molecule has 0 aliphatic carbocycles. The number of carboxylic acids is 1. The maximum atomic E-state index is 12.3. The highest BCUT2D eigenvalue weighted by Gasteiger charge is 2.20. The molecule has 24 heavy (non-hydrogen) atoms. The van der Waals surface area contributed by atoms with E-state index in [1.165, 1.54) is 11.8 Å². The Hall–Kier alpha value is -2.06. The Bertz CT molecular complexity index is 579. The molecule has 0 aliphatic heterocycles. The molecule has 0 spiro atoms. The zero-order chi connectivity index (χ0) is 17.9. The third kappa shape index (κ3) is 6.59. The Morgan fingerprint density at radius 3 is 2.62 bits per heavy atom. The number of carboxylic acid groups (broad SMARTS) is 1. The number of hydrogen-bond donors (Lipinski definition) is 3. The van der Waals surface area contributed by atoms with Crippen LogP contribution in [0.2, 0.25) is 0 Å². The lowest BCUT2D eigenvalue weighted by molar-refractivity contribution is -0.139. The number of aliphatic carboxylic acids is 1. The number of amides is 2. The van der Waals surface area contributed by atoms with Gasteiger partial charge in [-0.25, -0.2) is 4.79 Å². The summed E-state index contributed by atoms with van der Waals surface area (Å²) in [5.74, 6) is -1.55. The van der Waals surface area contributed by atoms with Gasteiger partial charge in [0.15, 0.2) is 0 Å². The molecule has 0 heterocycles. The number of carbonyl (C=O) groups excluding carboxylic acids is 2. The molecule has 1 atom stereocenters. The second-order valence-corrected chi connectivity index (χ2v) is 5.92. The summed E-state index contributed by atoms with van der Waals surface area (Å²) >= 11 is 1.22. The van der Waals surface area contributed by atoms with Crippen molar-refractivity contribution in [1.82, 2.24) is 10.6 Å². The number of hydrogen-bond acceptors (Lipinski definition) is 5. The van der Waals surface area contributed by atoms with Crippen LogP contribution in [-0.2, 0) is 14.3 Å². The van der Waals surface area contributed by atoms with Crippen molar-refractivity contribution < 1.29 is 24.2 Å². The van der Waals surface area contributed by atoms with Gasteiger partial charge in [-0.05, 0) is 18.6 Å². The topological polar surface area (TPSA) is 105 Å². The molecular weight excluding hydrogens is 332 g/mol. The van der Waals surface area contributed by atoms with Crippen LogP contribution in [0.3, 0.4) is 0 Å². The molecule has 0 saturated heterocycles. The third-order valence-electron chi connectivity index (χ3n) is 3.13. The van der Waals surface area contributed by atoms with Gasteiger partial charge in [0.05, 0.1) is 17.9 Å². The highest BCUT2D eigenvalue weighted by atomic mass is 32.2. The van der Waals surface area contributed by atoms with Crippen molar-refractivity contribution in [2.45, 2.75) is 24.3 Å². The summed E-state index contributed by atoms with van der Waals surface area (Å²) in [5.41, 5.74) is 0.354. The smallest absolute Gasteiger partial charge is 0.326 e. The van der Waals surface area contributed by atoms with Gasteiger partial charge in [0.2, 0.25) is 5.91 Å². The average molecular weight is 354 g/mol. The van der Waals surface area contributed by atoms with Crippen molar-refractivity contribution in [2.75, 3.05) is 26.0 Å². The van der Waals surface area contributed by atoms with E-state index in [2.05, 4.69) is 10.6 Å². The fraction of sp³-hybridized carbons (Fsp3) is 0.438. The first kappa shape index (κ1) is 20.0. The van der Waals surface area contributed by atoms with Gasteiger partial charge in [-0.15, -0.1) is 11.8 Å². The van der Waals surface area contributed by atoms with Crippen LogP contribution in [0.25, 0.3) is 0 Å². The van der Waals surface area contributed by atoms with E-state index in [1.807, 2.05) is 0 Å². The van der Waals surface area contributed by atoms with Crippen LogP contribution < -0.4 is 10.6 Å². The molecule has 3 N–H and O–H groups in total. The molecule has 0 saturated carbocycles. The largest absolute Gasteiger partial charge is 0.480 e. The maximum Gasteiger partial charge on any atom is 0.326 e. The quantitative estimate of drug-likeness (QED) is 0.430. The Morgan fingerprint density at radius 2 is 2.00 bits per heavy atom. The fourth-order valence-corrected chi connectivity index (χ4v) is 2.72. The minimum absolute atomic E-state index is 0.157. The molecule has 0 radical (unpaired) electrons. The lowest BCUT2D eigenvalue weighted by atomic mass is 10.1. The lowest BCUT2D eigenvalue weighted by Gasteiger charge is -2.14. The van der Waals surface area contributed by atoms with Gasteiger partial charge in [0, 0.05) is 18.6 Å². The van der Waals surface area contributed by atoms with Crippen LogP contribution in [-0.4, -0.2) is 54.9 Å². The van der Waals surface area contributed by atoms with Crippen LogP contribution >= 0.6 is 11.8 Å². The molecule has 0 aliphatic rings. The Balaban J connectivity index is 2.68. The van der Waals surface area contributed by atoms with Crippen LogP contribution in [0.5, 0.6) is 0 Å². The molecule has 132 valence electrons. The van der Waals surface area contributed by atoms with Gasteiger partial charge in [-0.1, -0.05) is 19.1 Å². The number of nitrogens with one attached hydrogen (secondary N) is 2. The molecule has 1 aromatic rings. The van der Waals surface area contributed by atoms with E-state index < -0.39 is 17.9 Å². The number of rotatable bonds is 10. The first-order valence-corrected chi connectivity index (χ1v) is 8.49. The number of methoxy groups -OCH3 is 1. The predicted molar refractivity (Wildman–Crippen MR) is 91.2 cm³/mol. The number of thioether (sulfide) groups is 1. The first-order valence-electron chi connectivity index (χ1n) is 7.50. The van der Waals surface area contributed by atoms with E-state index in [-0.39, 0.29) is 18.1 Å². The standard InChI is InChI=1S/C16H22N2O5S/c1-3-12(16(21)22)18-15(20)11-6-4-5-7-13(11)24-10-14(19)17-8-9-23-2/h4-7,12H,3,8-10H2,1-2H3,(H,17,19)(H,18,20)(H,21,22). The fourth-order valence-electron chi connectivity index (χ4n) is 1.84. The summed E-state index contributed by atoms with van der Waals surface area (Å²) in [7, 11) is 1.55. The first-order chi connectivity index (χ1) is 11.5. The van der Waals surface area contributed by atoms with Gasteiger partial charge in [0.1, 0.15) is 6.04 Å². The second kappa shape index (κ2) is 10.7. The van der Waals surface area contributed by atoms with Crippen molar-refractivity contribution in [3.8, 4) is 0 Å². The van der Waals surface area contributed by atoms with Crippen LogP contribution in [0.4, 0.5) is 0 Å².